The average molecular weight is 267 g/mol. The molecule has 0 amide bonds. The molecule has 0 unspecified atom stereocenters. The summed E-state index contributed by atoms with van der Waals surface area (Å²) in [6.45, 7) is 4.37. The number of benzene rings is 1. The van der Waals surface area contributed by atoms with Crippen molar-refractivity contribution in [2.24, 2.45) is 0 Å². The quantitative estimate of drug-likeness (QED) is 0.706. The number of ether oxygens (including phenoxy) is 1. The van der Waals surface area contributed by atoms with Crippen LogP contribution in [-0.4, -0.2) is 13.7 Å². The Morgan fingerprint density at radius 1 is 1.35 bits per heavy atom. The lowest BCUT2D eigenvalue weighted by atomic mass is 10.1. The highest BCUT2D eigenvalue weighted by Gasteiger charge is 2.16. The van der Waals surface area contributed by atoms with Gasteiger partial charge >= 0.3 is 0 Å². The summed E-state index contributed by atoms with van der Waals surface area (Å²) in [6, 6.07) is 10.4. The molecule has 0 bridgehead atoms. The van der Waals surface area contributed by atoms with Crippen molar-refractivity contribution in [3.63, 3.8) is 0 Å². The Morgan fingerprint density at radius 2 is 2.15 bits per heavy atom. The van der Waals surface area contributed by atoms with Crippen molar-refractivity contribution in [3.05, 3.63) is 78.7 Å². The van der Waals surface area contributed by atoms with Gasteiger partial charge < -0.3 is 9.64 Å². The van der Waals surface area contributed by atoms with E-state index in [2.05, 4.69) is 54.0 Å². The summed E-state index contributed by atoms with van der Waals surface area (Å²) in [5, 5.41) is 0. The lowest BCUT2D eigenvalue weighted by Gasteiger charge is -2.30. The van der Waals surface area contributed by atoms with Crippen LogP contribution in [0.25, 0.3) is 0 Å². The Bertz CT molecular complexity index is 526. The van der Waals surface area contributed by atoms with Crippen molar-refractivity contribution < 1.29 is 4.74 Å². The first-order valence-corrected chi connectivity index (χ1v) is 6.88. The van der Waals surface area contributed by atoms with Crippen molar-refractivity contribution in [1.82, 2.24) is 0 Å². The van der Waals surface area contributed by atoms with Crippen LogP contribution in [0.2, 0.25) is 0 Å². The molecule has 0 saturated carbocycles. The second-order valence-electron chi connectivity index (χ2n) is 4.62. The van der Waals surface area contributed by atoms with Gasteiger partial charge in [-0.15, -0.1) is 0 Å². The lowest BCUT2D eigenvalue weighted by Crippen LogP contribution is -2.25. The Labute approximate surface area is 121 Å². The highest BCUT2D eigenvalue weighted by Crippen LogP contribution is 2.28. The Kier molecular flexibility index (Phi) is 5.39. The monoisotopic (exact) mass is 267 g/mol. The molecule has 0 fully saturated rings. The highest BCUT2D eigenvalue weighted by molar-refractivity contribution is 5.59. The van der Waals surface area contributed by atoms with E-state index in [4.69, 9.17) is 4.74 Å². The average Bonchev–Trinajstić information content (AvgIpc) is 2.50. The second-order valence-corrected chi connectivity index (χ2v) is 4.62. The van der Waals surface area contributed by atoms with Gasteiger partial charge in [-0.05, 0) is 37.1 Å². The number of nitrogens with zero attached hydrogens (tertiary/aromatic N) is 1. The molecule has 0 saturated heterocycles. The maximum Gasteiger partial charge on any atom is 0.0867 e. The SMILES string of the molecule is C=C/C=C(\COC)N(C1=CC=CCC1)c1ccccc1. The molecule has 1 aromatic rings. The number of hydrogen-bond acceptors (Lipinski definition) is 2. The van der Waals surface area contributed by atoms with Crippen LogP contribution in [0, 0.1) is 0 Å². The van der Waals surface area contributed by atoms with Gasteiger partial charge in [0.2, 0.25) is 0 Å². The van der Waals surface area contributed by atoms with Gasteiger partial charge in [-0.1, -0.05) is 43.0 Å². The first-order chi connectivity index (χ1) is 9.86. The molecule has 2 nitrogen and oxygen atoms in total. The molecule has 2 rings (SSSR count). The summed E-state index contributed by atoms with van der Waals surface area (Å²) in [5.41, 5.74) is 3.53. The van der Waals surface area contributed by atoms with Crippen molar-refractivity contribution in [3.8, 4) is 0 Å². The molecule has 0 spiro atoms. The van der Waals surface area contributed by atoms with E-state index in [1.165, 1.54) is 5.70 Å². The van der Waals surface area contributed by atoms with Crippen LogP contribution in [-0.2, 0) is 4.74 Å². The number of methoxy groups -OCH3 is 1. The summed E-state index contributed by atoms with van der Waals surface area (Å²) in [7, 11) is 1.72. The van der Waals surface area contributed by atoms with Crippen LogP contribution >= 0.6 is 0 Å². The largest absolute Gasteiger partial charge is 0.378 e. The summed E-state index contributed by atoms with van der Waals surface area (Å²) >= 11 is 0. The number of rotatable bonds is 6. The number of anilines is 1. The summed E-state index contributed by atoms with van der Waals surface area (Å²) < 4.78 is 5.35. The lowest BCUT2D eigenvalue weighted by molar-refractivity contribution is 0.224. The first kappa shape index (κ1) is 14.4. The molecule has 0 aliphatic heterocycles. The summed E-state index contributed by atoms with van der Waals surface area (Å²) in [4.78, 5) is 2.26. The standard InChI is InChI=1S/C18H21NO/c1-3-10-18(15-20-2)19(16-11-6-4-7-12-16)17-13-8-5-9-14-17/h3-8,10-13H,1,9,14-15H2,2H3/b18-10+. The van der Waals surface area contributed by atoms with Crippen molar-refractivity contribution in [1.29, 1.82) is 0 Å². The Hall–Kier alpha value is -2.06. The number of allylic oxidation sites excluding steroid dienone is 6. The molecular formula is C18H21NO. The van der Waals surface area contributed by atoms with Crippen LogP contribution in [0.4, 0.5) is 5.69 Å². The molecule has 1 aliphatic carbocycles. The van der Waals surface area contributed by atoms with Gasteiger partial charge in [0, 0.05) is 24.2 Å². The zero-order valence-corrected chi connectivity index (χ0v) is 12.0. The predicted octanol–water partition coefficient (Wildman–Crippen LogP) is 4.44. The van der Waals surface area contributed by atoms with Crippen LogP contribution in [0.1, 0.15) is 12.8 Å². The van der Waals surface area contributed by atoms with Crippen LogP contribution in [0.3, 0.4) is 0 Å². The third-order valence-corrected chi connectivity index (χ3v) is 3.18. The first-order valence-electron chi connectivity index (χ1n) is 6.88. The third kappa shape index (κ3) is 3.49. The van der Waals surface area contributed by atoms with Gasteiger partial charge in [-0.25, -0.2) is 0 Å². The van der Waals surface area contributed by atoms with Crippen LogP contribution < -0.4 is 4.90 Å². The fourth-order valence-electron chi connectivity index (χ4n) is 2.34. The highest BCUT2D eigenvalue weighted by atomic mass is 16.5. The summed E-state index contributed by atoms with van der Waals surface area (Å²) in [6.07, 6.45) is 12.4. The topological polar surface area (TPSA) is 12.5 Å². The summed E-state index contributed by atoms with van der Waals surface area (Å²) in [5.74, 6) is 0. The molecule has 1 aromatic carbocycles. The Morgan fingerprint density at radius 3 is 2.75 bits per heavy atom. The van der Waals surface area contributed by atoms with E-state index >= 15 is 0 Å². The molecule has 1 aliphatic rings. The van der Waals surface area contributed by atoms with E-state index in [1.807, 2.05) is 18.2 Å². The molecule has 20 heavy (non-hydrogen) atoms. The number of hydrogen-bond donors (Lipinski definition) is 0. The molecule has 0 heterocycles. The van der Waals surface area contributed by atoms with E-state index in [-0.39, 0.29) is 0 Å². The van der Waals surface area contributed by atoms with Crippen molar-refractivity contribution >= 4 is 5.69 Å². The van der Waals surface area contributed by atoms with E-state index in [9.17, 15) is 0 Å². The van der Waals surface area contributed by atoms with Gasteiger partial charge in [0.1, 0.15) is 0 Å². The fraction of sp³-hybridized carbons (Fsp3) is 0.222. The zero-order valence-electron chi connectivity index (χ0n) is 12.0. The molecular weight excluding hydrogens is 246 g/mol. The molecule has 2 heteroatoms. The molecule has 0 atom stereocenters. The zero-order chi connectivity index (χ0) is 14.2. The van der Waals surface area contributed by atoms with Gasteiger partial charge in [-0.3, -0.25) is 0 Å². The maximum absolute atomic E-state index is 5.35. The molecule has 104 valence electrons. The normalized spacial score (nSPS) is 14.8. The van der Waals surface area contributed by atoms with Crippen molar-refractivity contribution in [2.75, 3.05) is 18.6 Å². The van der Waals surface area contributed by atoms with Gasteiger partial charge in [0.15, 0.2) is 0 Å². The van der Waals surface area contributed by atoms with E-state index in [0.717, 1.165) is 24.2 Å². The minimum absolute atomic E-state index is 0.558. The molecule has 0 N–H and O–H groups in total. The third-order valence-electron chi connectivity index (χ3n) is 3.18. The van der Waals surface area contributed by atoms with E-state index in [1.54, 1.807) is 7.11 Å². The van der Waals surface area contributed by atoms with Crippen LogP contribution in [0.15, 0.2) is 78.7 Å². The van der Waals surface area contributed by atoms with Gasteiger partial charge in [0.05, 0.1) is 6.61 Å². The number of para-hydroxylation sites is 1. The van der Waals surface area contributed by atoms with E-state index in [0.29, 0.717) is 6.61 Å². The molecule has 0 aromatic heterocycles. The maximum atomic E-state index is 5.35. The smallest absolute Gasteiger partial charge is 0.0867 e. The fourth-order valence-corrected chi connectivity index (χ4v) is 2.34. The van der Waals surface area contributed by atoms with Gasteiger partial charge in [-0.2, -0.15) is 0 Å². The van der Waals surface area contributed by atoms with Crippen LogP contribution in [0.5, 0.6) is 0 Å². The van der Waals surface area contributed by atoms with E-state index < -0.39 is 0 Å². The van der Waals surface area contributed by atoms with Crippen molar-refractivity contribution in [2.45, 2.75) is 12.8 Å². The minimum atomic E-state index is 0.558. The second kappa shape index (κ2) is 7.51. The molecule has 0 radical (unpaired) electrons. The Balaban J connectivity index is 2.42. The minimum Gasteiger partial charge on any atom is -0.378 e. The predicted molar refractivity (Wildman–Crippen MR) is 85.5 cm³/mol. The van der Waals surface area contributed by atoms with Gasteiger partial charge in [0.25, 0.3) is 0 Å².